The molecule has 3 rings (SSSR count). The van der Waals surface area contributed by atoms with Crippen molar-refractivity contribution in [3.8, 4) is 17.0 Å². The van der Waals surface area contributed by atoms with Crippen LogP contribution in [0.25, 0.3) is 22.2 Å². The van der Waals surface area contributed by atoms with Gasteiger partial charge in [-0.1, -0.05) is 16.8 Å². The number of hydrogen-bond acceptors (Lipinski definition) is 3. The van der Waals surface area contributed by atoms with Gasteiger partial charge in [0.25, 0.3) is 0 Å². The molecule has 1 N–H and O–H groups in total. The first-order valence-corrected chi connectivity index (χ1v) is 5.68. The summed E-state index contributed by atoms with van der Waals surface area (Å²) in [6.45, 7) is 0. The second-order valence-corrected chi connectivity index (χ2v) is 4.31. The molecule has 0 aliphatic heterocycles. The molecule has 3 nitrogen and oxygen atoms in total. The van der Waals surface area contributed by atoms with Crippen LogP contribution in [0.4, 0.5) is 8.78 Å². The molecule has 0 spiro atoms. The number of hydrogen-bond donors (Lipinski definition) is 1. The van der Waals surface area contributed by atoms with Crippen molar-refractivity contribution in [2.75, 3.05) is 0 Å². The number of rotatable bonds is 1. The Morgan fingerprint density at radius 1 is 1.16 bits per heavy atom. The van der Waals surface area contributed by atoms with Gasteiger partial charge >= 0.3 is 0 Å². The molecule has 6 heteroatoms. The zero-order valence-corrected chi connectivity index (χ0v) is 10.1. The molecular weight excluding hydrogens is 276 g/mol. The second-order valence-electron chi connectivity index (χ2n) is 3.93. The summed E-state index contributed by atoms with van der Waals surface area (Å²) in [7, 11) is 0. The summed E-state index contributed by atoms with van der Waals surface area (Å²) in [6.07, 6.45) is 0. The minimum atomic E-state index is -0.751. The van der Waals surface area contributed by atoms with Crippen LogP contribution in [0.3, 0.4) is 0 Å². The number of phenolic OH excluding ortho intramolecular Hbond substituents is 1. The molecule has 0 saturated heterocycles. The zero-order valence-electron chi connectivity index (χ0n) is 9.32. The van der Waals surface area contributed by atoms with E-state index in [4.69, 9.17) is 16.1 Å². The highest BCUT2D eigenvalue weighted by molar-refractivity contribution is 6.36. The number of aromatic hydroxyl groups is 1. The van der Waals surface area contributed by atoms with E-state index in [1.807, 2.05) is 0 Å². The smallest absolute Gasteiger partial charge is 0.189 e. The summed E-state index contributed by atoms with van der Waals surface area (Å²) < 4.78 is 31.6. The first-order chi connectivity index (χ1) is 9.08. The predicted octanol–water partition coefficient (Wildman–Crippen LogP) is 4.13. The average molecular weight is 282 g/mol. The lowest BCUT2D eigenvalue weighted by Crippen LogP contribution is -1.86. The van der Waals surface area contributed by atoms with Gasteiger partial charge in [-0.3, -0.25) is 0 Å². The third-order valence-electron chi connectivity index (χ3n) is 2.75. The normalized spacial score (nSPS) is 11.1. The number of phenols is 1. The highest BCUT2D eigenvalue weighted by atomic mass is 35.5. The predicted molar refractivity (Wildman–Crippen MR) is 66.0 cm³/mol. The van der Waals surface area contributed by atoms with Crippen LogP contribution in [0.15, 0.2) is 34.9 Å². The molecule has 0 bridgehead atoms. The van der Waals surface area contributed by atoms with E-state index < -0.39 is 11.6 Å². The molecule has 0 unspecified atom stereocenters. The Morgan fingerprint density at radius 2 is 1.95 bits per heavy atom. The maximum atomic E-state index is 13.7. The monoisotopic (exact) mass is 281 g/mol. The summed E-state index contributed by atoms with van der Waals surface area (Å²) in [5.74, 6) is -1.58. The van der Waals surface area contributed by atoms with Gasteiger partial charge in [0.2, 0.25) is 0 Å². The quantitative estimate of drug-likeness (QED) is 0.729. The summed E-state index contributed by atoms with van der Waals surface area (Å²) >= 11 is 5.85. The molecule has 96 valence electrons. The summed E-state index contributed by atoms with van der Waals surface area (Å²) in [5, 5.41) is 13.6. The lowest BCUT2D eigenvalue weighted by Gasteiger charge is -2.00. The van der Waals surface area contributed by atoms with Crippen LogP contribution in [0.5, 0.6) is 5.75 Å². The van der Waals surface area contributed by atoms with E-state index >= 15 is 0 Å². The number of benzene rings is 2. The Labute approximate surface area is 111 Å². The first-order valence-electron chi connectivity index (χ1n) is 5.30. The first kappa shape index (κ1) is 11.9. The Kier molecular flexibility index (Phi) is 2.64. The molecule has 0 aliphatic carbocycles. The van der Waals surface area contributed by atoms with Gasteiger partial charge in [0.15, 0.2) is 5.58 Å². The minimum absolute atomic E-state index is 0.00114. The minimum Gasteiger partial charge on any atom is -0.506 e. The van der Waals surface area contributed by atoms with Gasteiger partial charge in [-0.15, -0.1) is 0 Å². The lowest BCUT2D eigenvalue weighted by atomic mass is 10.1. The Balaban J connectivity index is 2.29. The van der Waals surface area contributed by atoms with E-state index in [0.717, 1.165) is 12.1 Å². The second kappa shape index (κ2) is 4.20. The fourth-order valence-electron chi connectivity index (χ4n) is 1.84. The molecule has 1 aromatic heterocycles. The van der Waals surface area contributed by atoms with Crippen LogP contribution < -0.4 is 0 Å². The lowest BCUT2D eigenvalue weighted by molar-refractivity contribution is 0.451. The van der Waals surface area contributed by atoms with Gasteiger partial charge in [-0.25, -0.2) is 8.78 Å². The average Bonchev–Trinajstić information content (AvgIpc) is 2.78. The van der Waals surface area contributed by atoms with E-state index in [9.17, 15) is 13.9 Å². The van der Waals surface area contributed by atoms with Crippen LogP contribution in [-0.2, 0) is 0 Å². The van der Waals surface area contributed by atoms with E-state index in [1.54, 1.807) is 0 Å². The van der Waals surface area contributed by atoms with Gasteiger partial charge in [-0.05, 0) is 24.3 Å². The van der Waals surface area contributed by atoms with Gasteiger partial charge in [0.1, 0.15) is 28.1 Å². The van der Waals surface area contributed by atoms with Crippen molar-refractivity contribution >= 4 is 22.6 Å². The zero-order chi connectivity index (χ0) is 13.6. The summed E-state index contributed by atoms with van der Waals surface area (Å²) in [5.41, 5.74) is 0.455. The molecule has 0 aliphatic rings. The summed E-state index contributed by atoms with van der Waals surface area (Å²) in [4.78, 5) is 0. The highest BCUT2D eigenvalue weighted by Gasteiger charge is 2.18. The molecule has 1 heterocycles. The van der Waals surface area contributed by atoms with Gasteiger partial charge < -0.3 is 9.63 Å². The van der Waals surface area contributed by atoms with Crippen molar-refractivity contribution in [3.63, 3.8) is 0 Å². The molecular formula is C13H6ClF2NO2. The molecule has 0 atom stereocenters. The Morgan fingerprint density at radius 3 is 2.68 bits per heavy atom. The maximum Gasteiger partial charge on any atom is 0.189 e. The molecule has 19 heavy (non-hydrogen) atoms. The third kappa shape index (κ3) is 1.82. The van der Waals surface area contributed by atoms with Crippen molar-refractivity contribution in [1.29, 1.82) is 0 Å². The third-order valence-corrected chi connectivity index (χ3v) is 3.11. The molecule has 0 fully saturated rings. The van der Waals surface area contributed by atoms with Crippen molar-refractivity contribution in [3.05, 3.63) is 47.0 Å². The topological polar surface area (TPSA) is 46.3 Å². The fourth-order valence-corrected chi connectivity index (χ4v) is 2.04. The van der Waals surface area contributed by atoms with E-state index in [2.05, 4.69) is 5.16 Å². The van der Waals surface area contributed by atoms with Gasteiger partial charge in [0.05, 0.1) is 5.39 Å². The number of aromatic nitrogens is 1. The van der Waals surface area contributed by atoms with Crippen molar-refractivity contribution < 1.29 is 18.4 Å². The van der Waals surface area contributed by atoms with Gasteiger partial charge in [0, 0.05) is 11.6 Å². The van der Waals surface area contributed by atoms with Crippen LogP contribution in [0.2, 0.25) is 5.02 Å². The molecule has 2 aromatic carbocycles. The molecule has 0 saturated carbocycles. The van der Waals surface area contributed by atoms with Crippen LogP contribution in [0.1, 0.15) is 0 Å². The van der Waals surface area contributed by atoms with Crippen molar-refractivity contribution in [2.24, 2.45) is 0 Å². The van der Waals surface area contributed by atoms with Gasteiger partial charge in [-0.2, -0.15) is 0 Å². The largest absolute Gasteiger partial charge is 0.506 e. The van der Waals surface area contributed by atoms with E-state index in [1.165, 1.54) is 18.2 Å². The maximum absolute atomic E-state index is 13.7. The molecule has 0 amide bonds. The SMILES string of the molecule is Oc1ccc2c(-c3ccc(F)cc3F)noc2c1Cl. The van der Waals surface area contributed by atoms with Crippen LogP contribution in [0, 0.1) is 11.6 Å². The van der Waals surface area contributed by atoms with E-state index in [0.29, 0.717) is 5.39 Å². The van der Waals surface area contributed by atoms with Crippen molar-refractivity contribution in [2.45, 2.75) is 0 Å². The highest BCUT2D eigenvalue weighted by Crippen LogP contribution is 2.37. The number of halogens is 3. The van der Waals surface area contributed by atoms with Crippen LogP contribution in [-0.4, -0.2) is 10.3 Å². The number of fused-ring (bicyclic) bond motifs is 1. The van der Waals surface area contributed by atoms with Crippen LogP contribution >= 0.6 is 11.6 Å². The number of nitrogens with zero attached hydrogens (tertiary/aromatic N) is 1. The summed E-state index contributed by atoms with van der Waals surface area (Å²) in [6, 6.07) is 6.01. The standard InChI is InChI=1S/C13H6ClF2NO2/c14-11-10(18)4-3-8-12(17-19-13(8)11)7-2-1-6(15)5-9(7)16/h1-5,18H. The Bertz CT molecular complexity index is 786. The fraction of sp³-hybridized carbons (Fsp3) is 0. The van der Waals surface area contributed by atoms with Crippen molar-refractivity contribution in [1.82, 2.24) is 5.16 Å². The molecule has 3 aromatic rings. The molecule has 0 radical (unpaired) electrons. The van der Waals surface area contributed by atoms with E-state index in [-0.39, 0.29) is 27.6 Å². The Hall–Kier alpha value is -2.14.